The molecule has 0 atom stereocenters. The fourth-order valence-electron chi connectivity index (χ4n) is 4.49. The van der Waals surface area contributed by atoms with E-state index in [4.69, 9.17) is 0 Å². The number of aryl methyl sites for hydroxylation is 1. The van der Waals surface area contributed by atoms with E-state index in [9.17, 15) is 4.39 Å². The summed E-state index contributed by atoms with van der Waals surface area (Å²) < 4.78 is 14.6. The van der Waals surface area contributed by atoms with Crippen molar-refractivity contribution in [3.05, 3.63) is 71.6 Å². The zero-order valence-electron chi connectivity index (χ0n) is 16.9. The first-order valence-electron chi connectivity index (χ1n) is 10.7. The van der Waals surface area contributed by atoms with Crippen LogP contribution in [0.5, 0.6) is 0 Å². The Labute approximate surface area is 164 Å². The molecule has 0 nitrogen and oxygen atoms in total. The summed E-state index contributed by atoms with van der Waals surface area (Å²) in [6.45, 7) is 4.31. The smallest absolute Gasteiger partial charge is 0.131 e. The summed E-state index contributed by atoms with van der Waals surface area (Å²) in [4.78, 5) is 0. The van der Waals surface area contributed by atoms with E-state index in [1.165, 1.54) is 44.1 Å². The normalized spacial score (nSPS) is 20.3. The van der Waals surface area contributed by atoms with E-state index < -0.39 is 0 Å². The van der Waals surface area contributed by atoms with E-state index in [1.54, 1.807) is 6.07 Å². The van der Waals surface area contributed by atoms with Gasteiger partial charge < -0.3 is 0 Å². The molecule has 0 spiro atoms. The quantitative estimate of drug-likeness (QED) is 0.436. The second-order valence-corrected chi connectivity index (χ2v) is 8.05. The van der Waals surface area contributed by atoms with Gasteiger partial charge in [-0.05, 0) is 80.0 Å². The molecule has 0 heterocycles. The van der Waals surface area contributed by atoms with Crippen LogP contribution < -0.4 is 0 Å². The van der Waals surface area contributed by atoms with Crippen molar-refractivity contribution in [3.8, 4) is 11.1 Å². The maximum absolute atomic E-state index is 14.6. The molecule has 144 valence electrons. The summed E-state index contributed by atoms with van der Waals surface area (Å²) in [7, 11) is 0. The fraction of sp³-hybridized carbons (Fsp3) is 0.462. The van der Waals surface area contributed by atoms with Crippen LogP contribution in [0.4, 0.5) is 4.39 Å². The second kappa shape index (κ2) is 9.88. The monoisotopic (exact) mass is 364 g/mol. The van der Waals surface area contributed by atoms with Gasteiger partial charge in [0.15, 0.2) is 0 Å². The van der Waals surface area contributed by atoms with Crippen LogP contribution in [0.1, 0.15) is 75.8 Å². The molecule has 2 aromatic rings. The molecule has 1 aliphatic carbocycles. The van der Waals surface area contributed by atoms with Crippen LogP contribution in [-0.2, 0) is 6.42 Å². The lowest BCUT2D eigenvalue weighted by Crippen LogP contribution is -2.13. The first-order chi connectivity index (χ1) is 13.2. The van der Waals surface area contributed by atoms with Gasteiger partial charge in [0.2, 0.25) is 0 Å². The number of benzene rings is 2. The summed E-state index contributed by atoms with van der Waals surface area (Å²) >= 11 is 0. The molecular formula is C26H33F. The molecule has 3 rings (SSSR count). The third-order valence-electron chi connectivity index (χ3n) is 6.11. The zero-order valence-corrected chi connectivity index (χ0v) is 16.9. The van der Waals surface area contributed by atoms with Crippen LogP contribution >= 0.6 is 0 Å². The van der Waals surface area contributed by atoms with Gasteiger partial charge in [0.25, 0.3) is 0 Å². The topological polar surface area (TPSA) is 0 Å². The van der Waals surface area contributed by atoms with E-state index in [0.29, 0.717) is 11.5 Å². The maximum Gasteiger partial charge on any atom is 0.131 e. The fourth-order valence-corrected chi connectivity index (χ4v) is 4.49. The van der Waals surface area contributed by atoms with Gasteiger partial charge in [0.1, 0.15) is 5.82 Å². The summed E-state index contributed by atoms with van der Waals surface area (Å²) in [5.74, 6) is 1.51. The van der Waals surface area contributed by atoms with Gasteiger partial charge in [-0.3, -0.25) is 0 Å². The van der Waals surface area contributed by atoms with E-state index in [-0.39, 0.29) is 5.82 Å². The van der Waals surface area contributed by atoms with Crippen molar-refractivity contribution in [2.75, 3.05) is 0 Å². The lowest BCUT2D eigenvalue weighted by Gasteiger charge is -2.28. The molecule has 0 aromatic heterocycles. The highest BCUT2D eigenvalue weighted by atomic mass is 19.1. The first kappa shape index (κ1) is 19.9. The summed E-state index contributed by atoms with van der Waals surface area (Å²) in [5.41, 5.74) is 4.19. The Morgan fingerprint density at radius 3 is 2.37 bits per heavy atom. The van der Waals surface area contributed by atoms with E-state index >= 15 is 0 Å². The Bertz CT molecular complexity index is 733. The molecule has 2 aromatic carbocycles. The molecule has 0 amide bonds. The molecule has 1 heteroatoms. The van der Waals surface area contributed by atoms with Gasteiger partial charge in [-0.25, -0.2) is 4.39 Å². The molecule has 0 radical (unpaired) electrons. The Morgan fingerprint density at radius 1 is 1.00 bits per heavy atom. The largest absolute Gasteiger partial charge is 0.206 e. The lowest BCUT2D eigenvalue weighted by molar-refractivity contribution is 0.308. The minimum atomic E-state index is -0.110. The van der Waals surface area contributed by atoms with Gasteiger partial charge in [-0.15, -0.1) is 0 Å². The number of hydrogen-bond acceptors (Lipinski definition) is 0. The Kier molecular flexibility index (Phi) is 7.26. The molecule has 0 unspecified atom stereocenters. The van der Waals surface area contributed by atoms with Crippen molar-refractivity contribution in [1.29, 1.82) is 0 Å². The van der Waals surface area contributed by atoms with Crippen molar-refractivity contribution >= 4 is 0 Å². The Balaban J connectivity index is 1.65. The molecule has 1 aliphatic rings. The molecule has 0 aliphatic heterocycles. The van der Waals surface area contributed by atoms with E-state index in [1.807, 2.05) is 19.1 Å². The van der Waals surface area contributed by atoms with Gasteiger partial charge in [0, 0.05) is 5.56 Å². The van der Waals surface area contributed by atoms with Gasteiger partial charge in [-0.2, -0.15) is 0 Å². The maximum atomic E-state index is 14.6. The number of hydrogen-bond donors (Lipinski definition) is 0. The molecular weight excluding hydrogens is 331 g/mol. The number of halogens is 1. The highest BCUT2D eigenvalue weighted by Crippen LogP contribution is 2.38. The summed E-state index contributed by atoms with van der Waals surface area (Å²) in [6, 6.07) is 14.3. The average Bonchev–Trinajstić information content (AvgIpc) is 2.69. The van der Waals surface area contributed by atoms with Crippen molar-refractivity contribution < 1.29 is 4.39 Å². The number of rotatable bonds is 7. The zero-order chi connectivity index (χ0) is 19.1. The van der Waals surface area contributed by atoms with Crippen LogP contribution in [-0.4, -0.2) is 0 Å². The van der Waals surface area contributed by atoms with E-state index in [2.05, 4.69) is 43.3 Å². The molecule has 0 N–H and O–H groups in total. The predicted molar refractivity (Wildman–Crippen MR) is 115 cm³/mol. The standard InChI is InChI=1S/C26H33F/c1-3-5-6-8-21-11-18-25(26(27)19-21)24-16-14-23(15-17-24)22-12-9-20(7-4-2)10-13-22/h3,5,11,14-20,22H,4,6-10,12-13H2,1-2H3. The second-order valence-electron chi connectivity index (χ2n) is 8.05. The van der Waals surface area contributed by atoms with Crippen molar-refractivity contribution in [2.45, 2.75) is 71.1 Å². The molecule has 1 fully saturated rings. The highest BCUT2D eigenvalue weighted by Gasteiger charge is 2.21. The van der Waals surface area contributed by atoms with Crippen LogP contribution in [0.15, 0.2) is 54.6 Å². The van der Waals surface area contributed by atoms with Crippen LogP contribution in [0.3, 0.4) is 0 Å². The van der Waals surface area contributed by atoms with Gasteiger partial charge in [0.05, 0.1) is 0 Å². The van der Waals surface area contributed by atoms with Gasteiger partial charge >= 0.3 is 0 Å². The van der Waals surface area contributed by atoms with Crippen LogP contribution in [0, 0.1) is 11.7 Å². The predicted octanol–water partition coefficient (Wildman–Crippen LogP) is 8.08. The van der Waals surface area contributed by atoms with Crippen LogP contribution in [0.25, 0.3) is 11.1 Å². The Morgan fingerprint density at radius 2 is 1.74 bits per heavy atom. The van der Waals surface area contributed by atoms with Crippen molar-refractivity contribution in [3.63, 3.8) is 0 Å². The SMILES string of the molecule is CC=CCCc1ccc(-c2ccc(C3CCC(CCC)CC3)cc2)c(F)c1. The summed E-state index contributed by atoms with van der Waals surface area (Å²) in [6.07, 6.45) is 14.1. The highest BCUT2D eigenvalue weighted by molar-refractivity contribution is 5.65. The van der Waals surface area contributed by atoms with Gasteiger partial charge in [-0.1, -0.05) is 68.3 Å². The van der Waals surface area contributed by atoms with Crippen molar-refractivity contribution in [1.82, 2.24) is 0 Å². The average molecular weight is 365 g/mol. The minimum absolute atomic E-state index is 0.110. The summed E-state index contributed by atoms with van der Waals surface area (Å²) in [5, 5.41) is 0. The molecule has 0 bridgehead atoms. The molecule has 0 saturated heterocycles. The minimum Gasteiger partial charge on any atom is -0.206 e. The van der Waals surface area contributed by atoms with Crippen LogP contribution in [0.2, 0.25) is 0 Å². The Hall–Kier alpha value is -1.89. The number of allylic oxidation sites excluding steroid dienone is 2. The van der Waals surface area contributed by atoms with E-state index in [0.717, 1.165) is 29.9 Å². The molecule has 27 heavy (non-hydrogen) atoms. The third kappa shape index (κ3) is 5.31. The van der Waals surface area contributed by atoms with Crippen molar-refractivity contribution in [2.24, 2.45) is 5.92 Å². The first-order valence-corrected chi connectivity index (χ1v) is 10.7. The lowest BCUT2D eigenvalue weighted by atomic mass is 9.77. The third-order valence-corrected chi connectivity index (χ3v) is 6.11. The molecule has 1 saturated carbocycles.